The van der Waals surface area contributed by atoms with E-state index in [1.54, 1.807) is 14.2 Å². The second-order valence-corrected chi connectivity index (χ2v) is 5.54. The molecule has 0 N–H and O–H groups in total. The van der Waals surface area contributed by atoms with Gasteiger partial charge in [-0.05, 0) is 29.8 Å². The number of aromatic nitrogens is 1. The summed E-state index contributed by atoms with van der Waals surface area (Å²) in [5, 5.41) is 1.27. The molecule has 4 heteroatoms. The van der Waals surface area contributed by atoms with Gasteiger partial charge in [-0.2, -0.15) is 4.57 Å². The van der Waals surface area contributed by atoms with E-state index in [4.69, 9.17) is 9.47 Å². The van der Waals surface area contributed by atoms with Gasteiger partial charge in [0.1, 0.15) is 0 Å². The molecule has 0 spiro atoms. The second kappa shape index (κ2) is 6.35. The van der Waals surface area contributed by atoms with Gasteiger partial charge in [0.25, 0.3) is 0 Å². The summed E-state index contributed by atoms with van der Waals surface area (Å²) < 4.78 is 13.3. The van der Waals surface area contributed by atoms with E-state index < -0.39 is 0 Å². The third-order valence-electron chi connectivity index (χ3n) is 4.43. The Bertz CT molecular complexity index is 877. The maximum atomic E-state index is 5.47. The van der Waals surface area contributed by atoms with Crippen LogP contribution in [0.5, 0.6) is 11.5 Å². The molecule has 0 atom stereocenters. The van der Waals surface area contributed by atoms with E-state index >= 15 is 0 Å². The van der Waals surface area contributed by atoms with Crippen LogP contribution in [0.25, 0.3) is 22.2 Å². The summed E-state index contributed by atoms with van der Waals surface area (Å²) in [6.45, 7) is 0.985. The fourth-order valence-electron chi connectivity index (χ4n) is 3.34. The predicted octanol–water partition coefficient (Wildman–Crippen LogP) is 0.372. The Kier molecular flexibility index (Phi) is 4.43. The highest BCUT2D eigenvalue weighted by Crippen LogP contribution is 2.37. The molecule has 0 unspecified atom stereocenters. The van der Waals surface area contributed by atoms with E-state index in [0.29, 0.717) is 0 Å². The van der Waals surface area contributed by atoms with Crippen LogP contribution < -0.4 is 38.0 Å². The molecule has 0 amide bonds. The van der Waals surface area contributed by atoms with Crippen molar-refractivity contribution in [3.05, 3.63) is 54.1 Å². The fourth-order valence-corrected chi connectivity index (χ4v) is 3.34. The van der Waals surface area contributed by atoms with E-state index in [9.17, 15) is 0 Å². The number of ether oxygens (including phenoxy) is 2. The van der Waals surface area contributed by atoms with E-state index in [-0.39, 0.29) is 24.0 Å². The lowest BCUT2D eigenvalue weighted by molar-refractivity contribution is -0.661. The number of pyridine rings is 1. The number of halogens is 1. The lowest BCUT2D eigenvalue weighted by atomic mass is 9.95. The number of nitrogens with zero attached hydrogens (tertiary/aromatic N) is 1. The van der Waals surface area contributed by atoms with Crippen molar-refractivity contribution in [3.8, 4) is 22.8 Å². The van der Waals surface area contributed by atoms with Crippen LogP contribution in [0.15, 0.2) is 48.5 Å². The first-order valence-corrected chi connectivity index (χ1v) is 7.48. The van der Waals surface area contributed by atoms with Gasteiger partial charge in [-0.3, -0.25) is 0 Å². The van der Waals surface area contributed by atoms with Gasteiger partial charge in [0.2, 0.25) is 11.2 Å². The van der Waals surface area contributed by atoms with Crippen molar-refractivity contribution in [2.24, 2.45) is 0 Å². The summed E-state index contributed by atoms with van der Waals surface area (Å²) in [6.07, 6.45) is 1.00. The molecule has 1 aliphatic rings. The number of rotatable bonds is 2. The summed E-state index contributed by atoms with van der Waals surface area (Å²) in [6, 6.07) is 17.1. The number of fused-ring (bicyclic) bond motifs is 5. The second-order valence-electron chi connectivity index (χ2n) is 5.54. The minimum Gasteiger partial charge on any atom is -1.00 e. The Hall–Kier alpha value is -1.82. The highest BCUT2D eigenvalue weighted by molar-refractivity contribution is 5.78. The van der Waals surface area contributed by atoms with Crippen molar-refractivity contribution >= 4 is 10.9 Å². The molecule has 2 aromatic carbocycles. The van der Waals surface area contributed by atoms with Crippen LogP contribution in [0, 0.1) is 0 Å². The number of benzene rings is 2. The average Bonchev–Trinajstić information content (AvgIpc) is 2.59. The molecule has 3 nitrogen and oxygen atoms in total. The van der Waals surface area contributed by atoms with Crippen molar-refractivity contribution in [2.45, 2.75) is 13.0 Å². The van der Waals surface area contributed by atoms with Crippen LogP contribution in [0.3, 0.4) is 0 Å². The molecule has 0 saturated heterocycles. The minimum atomic E-state index is 0. The lowest BCUT2D eigenvalue weighted by Gasteiger charge is -2.18. The number of hydrogen-bond donors (Lipinski definition) is 0. The van der Waals surface area contributed by atoms with Crippen molar-refractivity contribution in [1.29, 1.82) is 0 Å². The monoisotopic (exact) mass is 419 g/mol. The van der Waals surface area contributed by atoms with E-state index in [1.807, 2.05) is 0 Å². The first-order valence-electron chi connectivity index (χ1n) is 7.48. The van der Waals surface area contributed by atoms with Gasteiger partial charge in [0.15, 0.2) is 18.0 Å². The van der Waals surface area contributed by atoms with Crippen molar-refractivity contribution in [2.75, 3.05) is 14.2 Å². The van der Waals surface area contributed by atoms with Gasteiger partial charge in [-0.15, -0.1) is 0 Å². The molecule has 0 saturated carbocycles. The Morgan fingerprint density at radius 1 is 0.913 bits per heavy atom. The molecule has 0 radical (unpaired) electrons. The third kappa shape index (κ3) is 2.55. The largest absolute Gasteiger partial charge is 1.00 e. The topological polar surface area (TPSA) is 22.3 Å². The first-order chi connectivity index (χ1) is 10.8. The quantitative estimate of drug-likeness (QED) is 0.443. The molecule has 1 aliphatic heterocycles. The maximum Gasteiger partial charge on any atom is 0.213 e. The highest BCUT2D eigenvalue weighted by atomic mass is 127. The van der Waals surface area contributed by atoms with Crippen LogP contribution in [0.4, 0.5) is 0 Å². The van der Waals surface area contributed by atoms with Crippen LogP contribution in [-0.2, 0) is 13.0 Å². The number of para-hydroxylation sites is 1. The summed E-state index contributed by atoms with van der Waals surface area (Å²) in [5.41, 5.74) is 5.06. The van der Waals surface area contributed by atoms with E-state index in [2.05, 4.69) is 53.1 Å². The molecule has 118 valence electrons. The van der Waals surface area contributed by atoms with Crippen LogP contribution in [0.2, 0.25) is 0 Å². The predicted molar refractivity (Wildman–Crippen MR) is 86.4 cm³/mol. The van der Waals surface area contributed by atoms with Gasteiger partial charge in [-0.1, -0.05) is 12.1 Å². The van der Waals surface area contributed by atoms with Crippen LogP contribution in [0.1, 0.15) is 5.56 Å². The average molecular weight is 419 g/mol. The van der Waals surface area contributed by atoms with Crippen molar-refractivity contribution in [1.82, 2.24) is 0 Å². The summed E-state index contributed by atoms with van der Waals surface area (Å²) >= 11 is 0. The fraction of sp³-hybridized carbons (Fsp3) is 0.211. The Balaban J connectivity index is 0.00000156. The molecular formula is C19H18INO2. The Morgan fingerprint density at radius 3 is 2.43 bits per heavy atom. The number of aryl methyl sites for hydroxylation is 2. The standard InChI is InChI=1S/C19H18NO2.HI/c1-21-18-11-14-9-10-20-16-6-4-3-5-13(16)7-8-17(20)15(14)12-19(18)22-2;/h3-8,11-12H,9-10H2,1-2H3;1H/q+1;/p-1. The summed E-state index contributed by atoms with van der Waals surface area (Å²) in [7, 11) is 3.37. The smallest absolute Gasteiger partial charge is 0.213 e. The maximum absolute atomic E-state index is 5.47. The molecule has 0 fully saturated rings. The SMILES string of the molecule is COc1cc2c(cc1OC)-c1ccc3ccccc3[n+]1CC2.[I-]. The van der Waals surface area contributed by atoms with Crippen molar-refractivity contribution < 1.29 is 38.0 Å². The van der Waals surface area contributed by atoms with Gasteiger partial charge in [-0.25, -0.2) is 0 Å². The third-order valence-corrected chi connectivity index (χ3v) is 4.43. The van der Waals surface area contributed by atoms with E-state index in [1.165, 1.54) is 27.7 Å². The van der Waals surface area contributed by atoms with Crippen LogP contribution in [-0.4, -0.2) is 14.2 Å². The molecule has 4 rings (SSSR count). The minimum absolute atomic E-state index is 0. The molecular weight excluding hydrogens is 401 g/mol. The van der Waals surface area contributed by atoms with Gasteiger partial charge >= 0.3 is 0 Å². The zero-order valence-electron chi connectivity index (χ0n) is 13.2. The normalized spacial score (nSPS) is 12.1. The molecule has 0 aliphatic carbocycles. The van der Waals surface area contributed by atoms with Gasteiger partial charge in [0.05, 0.1) is 19.8 Å². The first kappa shape index (κ1) is 16.1. The highest BCUT2D eigenvalue weighted by Gasteiger charge is 2.26. The Labute approximate surface area is 152 Å². The summed E-state index contributed by atoms with van der Waals surface area (Å²) in [5.74, 6) is 1.58. The number of methoxy groups -OCH3 is 2. The molecule has 0 bridgehead atoms. The van der Waals surface area contributed by atoms with Gasteiger partial charge in [0, 0.05) is 23.9 Å². The molecule has 3 aromatic rings. The van der Waals surface area contributed by atoms with Gasteiger partial charge < -0.3 is 33.5 Å². The lowest BCUT2D eigenvalue weighted by Crippen LogP contribution is -3.00. The zero-order chi connectivity index (χ0) is 15.1. The van der Waals surface area contributed by atoms with E-state index in [0.717, 1.165) is 24.5 Å². The van der Waals surface area contributed by atoms with Crippen molar-refractivity contribution in [3.63, 3.8) is 0 Å². The summed E-state index contributed by atoms with van der Waals surface area (Å²) in [4.78, 5) is 0. The van der Waals surface area contributed by atoms with Crippen LogP contribution >= 0.6 is 0 Å². The molecule has 1 aromatic heterocycles. The molecule has 23 heavy (non-hydrogen) atoms. The number of hydrogen-bond acceptors (Lipinski definition) is 2. The zero-order valence-corrected chi connectivity index (χ0v) is 15.3. The Morgan fingerprint density at radius 2 is 1.65 bits per heavy atom. The molecule has 2 heterocycles.